The Morgan fingerprint density at radius 1 is 1.29 bits per heavy atom. The highest BCUT2D eigenvalue weighted by Crippen LogP contribution is 1.99. The fourth-order valence-corrected chi connectivity index (χ4v) is 2.25. The van der Waals surface area contributed by atoms with E-state index in [4.69, 9.17) is 4.74 Å². The first-order valence-corrected chi connectivity index (χ1v) is 7.56. The zero-order valence-electron chi connectivity index (χ0n) is 12.8. The number of nitrogens with zero attached hydrogens (tertiary/aromatic N) is 3. The van der Waals surface area contributed by atoms with Crippen molar-refractivity contribution >= 4 is 5.52 Å². The van der Waals surface area contributed by atoms with E-state index in [-0.39, 0.29) is 5.56 Å². The van der Waals surface area contributed by atoms with Gasteiger partial charge >= 0.3 is 0 Å². The lowest BCUT2D eigenvalue weighted by molar-refractivity contribution is 0.143. The van der Waals surface area contributed by atoms with Crippen LogP contribution in [0, 0.1) is 6.92 Å². The predicted octanol–water partition coefficient (Wildman–Crippen LogP) is 1.21. The van der Waals surface area contributed by atoms with Gasteiger partial charge in [-0.05, 0) is 39.3 Å². The fourth-order valence-electron chi connectivity index (χ4n) is 2.25. The van der Waals surface area contributed by atoms with Gasteiger partial charge in [0, 0.05) is 38.7 Å². The first-order valence-electron chi connectivity index (χ1n) is 7.56. The summed E-state index contributed by atoms with van der Waals surface area (Å²) in [5.74, 6) is 0. The Hall–Kier alpha value is -1.66. The number of hydrogen-bond acceptors (Lipinski definition) is 4. The molecule has 2 aromatic rings. The van der Waals surface area contributed by atoms with Crippen molar-refractivity contribution in [1.82, 2.24) is 19.5 Å². The molecule has 0 aliphatic carbocycles. The van der Waals surface area contributed by atoms with E-state index in [0.717, 1.165) is 44.8 Å². The molecule has 0 atom stereocenters. The molecule has 0 saturated heterocycles. The molecule has 0 spiro atoms. The van der Waals surface area contributed by atoms with Crippen LogP contribution < -0.4 is 10.9 Å². The van der Waals surface area contributed by atoms with Crippen molar-refractivity contribution in [2.45, 2.75) is 33.2 Å². The van der Waals surface area contributed by atoms with E-state index >= 15 is 0 Å². The number of fused-ring (bicyclic) bond motifs is 1. The minimum atomic E-state index is 0.0104. The average molecular weight is 292 g/mol. The normalized spacial score (nSPS) is 11.3. The molecule has 6 nitrogen and oxygen atoms in total. The number of nitrogens with one attached hydrogen (secondary N) is 1. The fraction of sp³-hybridized carbons (Fsp3) is 0.600. The van der Waals surface area contributed by atoms with Crippen LogP contribution in [0.4, 0.5) is 0 Å². The van der Waals surface area contributed by atoms with Gasteiger partial charge in [-0.15, -0.1) is 0 Å². The number of hydrogen-bond donors (Lipinski definition) is 1. The Morgan fingerprint density at radius 2 is 2.14 bits per heavy atom. The predicted molar refractivity (Wildman–Crippen MR) is 82.8 cm³/mol. The second-order valence-corrected chi connectivity index (χ2v) is 5.07. The Morgan fingerprint density at radius 3 is 2.95 bits per heavy atom. The summed E-state index contributed by atoms with van der Waals surface area (Å²) < 4.78 is 8.65. The number of aromatic nitrogens is 3. The van der Waals surface area contributed by atoms with Crippen molar-refractivity contribution in [3.05, 3.63) is 34.5 Å². The molecule has 0 bridgehead atoms. The molecule has 0 aromatic carbocycles. The summed E-state index contributed by atoms with van der Waals surface area (Å²) in [4.78, 5) is 12.2. The van der Waals surface area contributed by atoms with Gasteiger partial charge in [-0.25, -0.2) is 4.52 Å². The van der Waals surface area contributed by atoms with Crippen molar-refractivity contribution in [2.24, 2.45) is 0 Å². The second kappa shape index (κ2) is 7.95. The summed E-state index contributed by atoms with van der Waals surface area (Å²) in [6, 6.07) is 1.82. The molecule has 6 heteroatoms. The zero-order valence-corrected chi connectivity index (χ0v) is 12.8. The van der Waals surface area contributed by atoms with Gasteiger partial charge < -0.3 is 14.6 Å². The maximum absolute atomic E-state index is 12.2. The highest BCUT2D eigenvalue weighted by molar-refractivity contribution is 5.44. The quantitative estimate of drug-likeness (QED) is 0.706. The lowest BCUT2D eigenvalue weighted by atomic mass is 10.3. The van der Waals surface area contributed by atoms with Gasteiger partial charge in [-0.3, -0.25) is 4.79 Å². The summed E-state index contributed by atoms with van der Waals surface area (Å²) in [6.45, 7) is 7.93. The van der Waals surface area contributed by atoms with E-state index in [1.807, 2.05) is 26.1 Å². The monoisotopic (exact) mass is 292 g/mol. The van der Waals surface area contributed by atoms with E-state index in [2.05, 4.69) is 10.4 Å². The minimum Gasteiger partial charge on any atom is -0.382 e. The first-order chi connectivity index (χ1) is 10.2. The smallest absolute Gasteiger partial charge is 0.276 e. The number of aryl methyl sites for hydroxylation is 1. The third-order valence-corrected chi connectivity index (χ3v) is 3.35. The van der Waals surface area contributed by atoms with Gasteiger partial charge in [-0.1, -0.05) is 0 Å². The van der Waals surface area contributed by atoms with Gasteiger partial charge in [-0.2, -0.15) is 5.10 Å². The third-order valence-electron chi connectivity index (χ3n) is 3.35. The van der Waals surface area contributed by atoms with Crippen LogP contribution in [0.5, 0.6) is 0 Å². The molecular formula is C15H24N4O2. The minimum absolute atomic E-state index is 0.0104. The molecule has 0 unspecified atom stereocenters. The number of ether oxygens (including phenoxy) is 1. The molecule has 0 amide bonds. The molecule has 2 aromatic heterocycles. The van der Waals surface area contributed by atoms with E-state index < -0.39 is 0 Å². The molecule has 2 rings (SSSR count). The Kier molecular flexibility index (Phi) is 5.95. The number of rotatable bonds is 9. The molecular weight excluding hydrogens is 268 g/mol. The van der Waals surface area contributed by atoms with Crippen molar-refractivity contribution in [1.29, 1.82) is 0 Å². The maximum Gasteiger partial charge on any atom is 0.276 e. The molecule has 0 fully saturated rings. The Bertz CT molecular complexity index is 618. The van der Waals surface area contributed by atoms with Crippen LogP contribution in [0.2, 0.25) is 0 Å². The third kappa shape index (κ3) is 4.41. The van der Waals surface area contributed by atoms with Crippen molar-refractivity contribution in [3.8, 4) is 0 Å². The maximum atomic E-state index is 12.2. The largest absolute Gasteiger partial charge is 0.382 e. The lowest BCUT2D eigenvalue weighted by Gasteiger charge is -2.07. The van der Waals surface area contributed by atoms with Crippen molar-refractivity contribution < 1.29 is 4.74 Å². The molecule has 116 valence electrons. The SMILES string of the molecule is CCOCCCCNCCn1ccn2nc(C)cc2c1=O. The Labute approximate surface area is 124 Å². The van der Waals surface area contributed by atoms with Crippen LogP contribution in [-0.4, -0.2) is 40.5 Å². The van der Waals surface area contributed by atoms with Gasteiger partial charge in [0.25, 0.3) is 5.56 Å². The topological polar surface area (TPSA) is 60.6 Å². The number of unbranched alkanes of at least 4 members (excludes halogenated alkanes) is 1. The van der Waals surface area contributed by atoms with Gasteiger partial charge in [0.2, 0.25) is 0 Å². The second-order valence-electron chi connectivity index (χ2n) is 5.07. The van der Waals surface area contributed by atoms with Crippen molar-refractivity contribution in [2.75, 3.05) is 26.3 Å². The first kappa shape index (κ1) is 15.7. The summed E-state index contributed by atoms with van der Waals surface area (Å²) in [5.41, 5.74) is 1.50. The molecule has 21 heavy (non-hydrogen) atoms. The lowest BCUT2D eigenvalue weighted by Crippen LogP contribution is -2.28. The summed E-state index contributed by atoms with van der Waals surface area (Å²) in [6.07, 6.45) is 5.78. The van der Waals surface area contributed by atoms with E-state index in [1.165, 1.54) is 0 Å². The molecule has 0 radical (unpaired) electrons. The van der Waals surface area contributed by atoms with Crippen LogP contribution in [0.15, 0.2) is 23.3 Å². The molecule has 0 aliphatic heterocycles. The highest BCUT2D eigenvalue weighted by Gasteiger charge is 2.04. The van der Waals surface area contributed by atoms with Crippen LogP contribution in [0.3, 0.4) is 0 Å². The van der Waals surface area contributed by atoms with Gasteiger partial charge in [0.05, 0.1) is 5.69 Å². The standard InChI is InChI=1S/C15H24N4O2/c1-3-21-11-5-4-6-16-7-8-18-9-10-19-14(15(18)20)12-13(2)17-19/h9-10,12,16H,3-8,11H2,1-2H3. The van der Waals surface area contributed by atoms with Gasteiger partial charge in [0.15, 0.2) is 0 Å². The zero-order chi connectivity index (χ0) is 15.1. The summed E-state index contributed by atoms with van der Waals surface area (Å²) in [5, 5.41) is 7.59. The van der Waals surface area contributed by atoms with Crippen LogP contribution in [0.25, 0.3) is 5.52 Å². The van der Waals surface area contributed by atoms with E-state index in [9.17, 15) is 4.79 Å². The molecule has 0 aliphatic rings. The highest BCUT2D eigenvalue weighted by atomic mass is 16.5. The average Bonchev–Trinajstić information content (AvgIpc) is 2.85. The van der Waals surface area contributed by atoms with Gasteiger partial charge in [0.1, 0.15) is 5.52 Å². The van der Waals surface area contributed by atoms with E-state index in [1.54, 1.807) is 15.3 Å². The summed E-state index contributed by atoms with van der Waals surface area (Å²) in [7, 11) is 0. The van der Waals surface area contributed by atoms with Crippen molar-refractivity contribution in [3.63, 3.8) is 0 Å². The molecule has 2 heterocycles. The Balaban J connectivity index is 1.76. The molecule has 0 saturated carbocycles. The molecule has 1 N–H and O–H groups in total. The van der Waals surface area contributed by atoms with Crippen LogP contribution in [0.1, 0.15) is 25.5 Å². The van der Waals surface area contributed by atoms with E-state index in [0.29, 0.717) is 12.1 Å². The summed E-state index contributed by atoms with van der Waals surface area (Å²) >= 11 is 0. The van der Waals surface area contributed by atoms with Crippen LogP contribution >= 0.6 is 0 Å². The van der Waals surface area contributed by atoms with Crippen LogP contribution in [-0.2, 0) is 11.3 Å².